The third kappa shape index (κ3) is 6.70. The molecule has 1 N–H and O–H groups in total. The Hall–Kier alpha value is -1.26. The number of nitrogens with one attached hydrogen (secondary N) is 1. The summed E-state index contributed by atoms with van der Waals surface area (Å²) in [5.41, 5.74) is -0.439. The first kappa shape index (κ1) is 19.1. The molecule has 0 atom stereocenters. The number of carbonyl (C=O) groups is 2. The van der Waals surface area contributed by atoms with Gasteiger partial charge < -0.3 is 15.0 Å². The Balaban J connectivity index is 1.62. The number of nitrogens with zero attached hydrogens (tertiary/aromatic N) is 1. The SMILES string of the molecule is CC(C)(C)OC(=O)N1CCC(CCC(=O)NC2CCCCC2)CC1. The van der Waals surface area contributed by atoms with E-state index in [4.69, 9.17) is 4.74 Å². The van der Waals surface area contributed by atoms with Gasteiger partial charge in [0.05, 0.1) is 0 Å². The molecule has 0 radical (unpaired) electrons. The van der Waals surface area contributed by atoms with Gasteiger partial charge in [0.15, 0.2) is 0 Å². The fourth-order valence-electron chi connectivity index (χ4n) is 3.61. The Labute approximate surface area is 146 Å². The molecule has 0 aromatic rings. The minimum Gasteiger partial charge on any atom is -0.444 e. The van der Waals surface area contributed by atoms with Gasteiger partial charge in [-0.15, -0.1) is 0 Å². The van der Waals surface area contributed by atoms with Gasteiger partial charge in [0.25, 0.3) is 0 Å². The van der Waals surface area contributed by atoms with E-state index >= 15 is 0 Å². The molecule has 1 saturated carbocycles. The molecule has 1 saturated heterocycles. The fourth-order valence-corrected chi connectivity index (χ4v) is 3.61. The number of likely N-dealkylation sites (tertiary alicyclic amines) is 1. The quantitative estimate of drug-likeness (QED) is 0.846. The number of ether oxygens (including phenoxy) is 1. The van der Waals surface area contributed by atoms with Crippen LogP contribution in [0.2, 0.25) is 0 Å². The van der Waals surface area contributed by atoms with Crippen LogP contribution in [0, 0.1) is 5.92 Å². The molecular formula is C19H34N2O3. The second kappa shape index (κ2) is 8.72. The summed E-state index contributed by atoms with van der Waals surface area (Å²) >= 11 is 0. The van der Waals surface area contributed by atoms with Gasteiger partial charge in [0, 0.05) is 25.6 Å². The molecule has 0 unspecified atom stereocenters. The second-order valence-corrected chi connectivity index (χ2v) is 8.35. The first-order valence-corrected chi connectivity index (χ1v) is 9.61. The summed E-state index contributed by atoms with van der Waals surface area (Å²) in [4.78, 5) is 25.9. The van der Waals surface area contributed by atoms with Crippen molar-refractivity contribution in [2.75, 3.05) is 13.1 Å². The lowest BCUT2D eigenvalue weighted by molar-refractivity contribution is -0.122. The number of hydrogen-bond acceptors (Lipinski definition) is 3. The molecule has 138 valence electrons. The monoisotopic (exact) mass is 338 g/mol. The van der Waals surface area contributed by atoms with Crippen LogP contribution < -0.4 is 5.32 Å². The third-order valence-corrected chi connectivity index (χ3v) is 5.02. The molecule has 5 nitrogen and oxygen atoms in total. The number of amides is 2. The van der Waals surface area contributed by atoms with Crippen LogP contribution in [0.5, 0.6) is 0 Å². The first-order valence-electron chi connectivity index (χ1n) is 9.61. The minimum atomic E-state index is -0.439. The Morgan fingerprint density at radius 2 is 1.67 bits per heavy atom. The summed E-state index contributed by atoms with van der Waals surface area (Å²) in [6.07, 6.45) is 9.35. The summed E-state index contributed by atoms with van der Waals surface area (Å²) < 4.78 is 5.42. The van der Waals surface area contributed by atoms with Gasteiger partial charge >= 0.3 is 6.09 Å². The van der Waals surface area contributed by atoms with Gasteiger partial charge in [-0.25, -0.2) is 4.79 Å². The van der Waals surface area contributed by atoms with Gasteiger partial charge in [-0.1, -0.05) is 19.3 Å². The van der Waals surface area contributed by atoms with Gasteiger partial charge in [-0.3, -0.25) is 4.79 Å². The number of piperidine rings is 1. The van der Waals surface area contributed by atoms with E-state index in [1.54, 1.807) is 4.90 Å². The normalized spacial score (nSPS) is 20.7. The molecular weight excluding hydrogens is 304 g/mol. The van der Waals surface area contributed by atoms with E-state index in [1.807, 2.05) is 20.8 Å². The maximum absolute atomic E-state index is 12.1. The van der Waals surface area contributed by atoms with Crippen molar-refractivity contribution in [3.63, 3.8) is 0 Å². The van der Waals surface area contributed by atoms with Gasteiger partial charge in [0.1, 0.15) is 5.60 Å². The summed E-state index contributed by atoms with van der Waals surface area (Å²) in [5.74, 6) is 0.747. The molecule has 2 amide bonds. The molecule has 0 spiro atoms. The maximum atomic E-state index is 12.1. The Kier molecular flexibility index (Phi) is 6.93. The van der Waals surface area contributed by atoms with Crippen molar-refractivity contribution in [2.24, 2.45) is 5.92 Å². The summed E-state index contributed by atoms with van der Waals surface area (Å²) in [6.45, 7) is 7.15. The van der Waals surface area contributed by atoms with Crippen molar-refractivity contribution >= 4 is 12.0 Å². The Morgan fingerprint density at radius 3 is 2.25 bits per heavy atom. The van der Waals surface area contributed by atoms with Crippen LogP contribution in [0.1, 0.15) is 78.6 Å². The first-order chi connectivity index (χ1) is 11.3. The Morgan fingerprint density at radius 1 is 1.04 bits per heavy atom. The minimum absolute atomic E-state index is 0.205. The van der Waals surface area contributed by atoms with E-state index < -0.39 is 5.60 Å². The van der Waals surface area contributed by atoms with Gasteiger partial charge in [-0.2, -0.15) is 0 Å². The highest BCUT2D eigenvalue weighted by Crippen LogP contribution is 2.24. The summed E-state index contributed by atoms with van der Waals surface area (Å²) in [5, 5.41) is 3.19. The molecule has 5 heteroatoms. The van der Waals surface area contributed by atoms with Crippen LogP contribution in [0.15, 0.2) is 0 Å². The third-order valence-electron chi connectivity index (χ3n) is 5.02. The summed E-state index contributed by atoms with van der Waals surface area (Å²) in [7, 11) is 0. The number of rotatable bonds is 4. The lowest BCUT2D eigenvalue weighted by atomic mass is 9.91. The van der Waals surface area contributed by atoms with Crippen molar-refractivity contribution in [1.29, 1.82) is 0 Å². The van der Waals surface area contributed by atoms with E-state index in [-0.39, 0.29) is 12.0 Å². The molecule has 1 aliphatic heterocycles. The predicted octanol–water partition coefficient (Wildman–Crippen LogP) is 3.86. The molecule has 0 aromatic carbocycles. The molecule has 2 aliphatic rings. The van der Waals surface area contributed by atoms with Crippen molar-refractivity contribution in [3.05, 3.63) is 0 Å². The van der Waals surface area contributed by atoms with Gasteiger partial charge in [0.2, 0.25) is 5.91 Å². The summed E-state index contributed by atoms with van der Waals surface area (Å²) in [6, 6.07) is 0.403. The van der Waals surface area contributed by atoms with E-state index in [9.17, 15) is 9.59 Å². The van der Waals surface area contributed by atoms with E-state index in [0.29, 0.717) is 18.4 Å². The van der Waals surface area contributed by atoms with Crippen LogP contribution in [0.25, 0.3) is 0 Å². The standard InChI is InChI=1S/C19H34N2O3/c1-19(2,3)24-18(23)21-13-11-15(12-14-21)9-10-17(22)20-16-7-5-4-6-8-16/h15-16H,4-14H2,1-3H3,(H,20,22). The predicted molar refractivity (Wildman–Crippen MR) is 94.8 cm³/mol. The van der Waals surface area contributed by atoms with E-state index in [2.05, 4.69) is 5.32 Å². The van der Waals surface area contributed by atoms with Gasteiger partial charge in [-0.05, 0) is 58.8 Å². The van der Waals surface area contributed by atoms with Crippen molar-refractivity contribution in [1.82, 2.24) is 10.2 Å². The van der Waals surface area contributed by atoms with Crippen LogP contribution in [0.4, 0.5) is 4.79 Å². The molecule has 1 heterocycles. The van der Waals surface area contributed by atoms with Crippen molar-refractivity contribution in [2.45, 2.75) is 90.2 Å². The fraction of sp³-hybridized carbons (Fsp3) is 0.895. The zero-order chi connectivity index (χ0) is 17.6. The average Bonchev–Trinajstić information content (AvgIpc) is 2.53. The van der Waals surface area contributed by atoms with E-state index in [1.165, 1.54) is 19.3 Å². The van der Waals surface area contributed by atoms with Crippen molar-refractivity contribution < 1.29 is 14.3 Å². The molecule has 24 heavy (non-hydrogen) atoms. The van der Waals surface area contributed by atoms with Crippen LogP contribution in [-0.4, -0.2) is 41.6 Å². The zero-order valence-corrected chi connectivity index (χ0v) is 15.6. The van der Waals surface area contributed by atoms with Crippen molar-refractivity contribution in [3.8, 4) is 0 Å². The molecule has 0 aromatic heterocycles. The number of hydrogen-bond donors (Lipinski definition) is 1. The molecule has 2 rings (SSSR count). The topological polar surface area (TPSA) is 58.6 Å². The Bertz CT molecular complexity index is 417. The lowest BCUT2D eigenvalue weighted by Crippen LogP contribution is -2.42. The molecule has 0 bridgehead atoms. The molecule has 1 aliphatic carbocycles. The van der Waals surface area contributed by atoms with Crippen LogP contribution in [0.3, 0.4) is 0 Å². The highest BCUT2D eigenvalue weighted by atomic mass is 16.6. The average molecular weight is 338 g/mol. The largest absolute Gasteiger partial charge is 0.444 e. The highest BCUT2D eigenvalue weighted by Gasteiger charge is 2.27. The van der Waals surface area contributed by atoms with Crippen LogP contribution >= 0.6 is 0 Å². The zero-order valence-electron chi connectivity index (χ0n) is 15.6. The van der Waals surface area contributed by atoms with E-state index in [0.717, 1.165) is 45.2 Å². The molecule has 2 fully saturated rings. The second-order valence-electron chi connectivity index (χ2n) is 8.35. The maximum Gasteiger partial charge on any atom is 0.410 e. The lowest BCUT2D eigenvalue weighted by Gasteiger charge is -2.33. The highest BCUT2D eigenvalue weighted by molar-refractivity contribution is 5.76. The van der Waals surface area contributed by atoms with Crippen LogP contribution in [-0.2, 0) is 9.53 Å². The number of carbonyl (C=O) groups excluding carboxylic acids is 2. The smallest absolute Gasteiger partial charge is 0.410 e.